The van der Waals surface area contributed by atoms with E-state index in [1.165, 1.54) is 4.90 Å². The third-order valence-corrected chi connectivity index (χ3v) is 4.24. The van der Waals surface area contributed by atoms with Crippen LogP contribution in [0, 0.1) is 6.92 Å². The van der Waals surface area contributed by atoms with E-state index in [1.807, 2.05) is 68.4 Å². The summed E-state index contributed by atoms with van der Waals surface area (Å²) >= 11 is 0. The van der Waals surface area contributed by atoms with Crippen LogP contribution in [0.2, 0.25) is 0 Å². The number of ether oxygens (including phenoxy) is 1. The Hall–Kier alpha value is -2.62. The lowest BCUT2D eigenvalue weighted by Gasteiger charge is -2.23. The van der Waals surface area contributed by atoms with Gasteiger partial charge < -0.3 is 4.74 Å². The summed E-state index contributed by atoms with van der Waals surface area (Å²) in [5.74, 6) is -0.627. The van der Waals surface area contributed by atoms with Crippen LogP contribution < -0.4 is 0 Å². The second-order valence-electron chi connectivity index (χ2n) is 5.84. The van der Waals surface area contributed by atoms with E-state index in [9.17, 15) is 9.59 Å². The summed E-state index contributed by atoms with van der Waals surface area (Å²) in [5, 5.41) is 0. The molecule has 1 aliphatic rings. The van der Waals surface area contributed by atoms with Gasteiger partial charge in [0.2, 0.25) is 5.91 Å². The second kappa shape index (κ2) is 6.24. The third kappa shape index (κ3) is 2.97. The first-order valence-corrected chi connectivity index (χ1v) is 7.69. The lowest BCUT2D eigenvalue weighted by atomic mass is 9.97. The van der Waals surface area contributed by atoms with Gasteiger partial charge in [-0.15, -0.1) is 0 Å². The molecule has 0 aromatic heterocycles. The zero-order valence-electron chi connectivity index (χ0n) is 13.2. The van der Waals surface area contributed by atoms with E-state index in [-0.39, 0.29) is 18.6 Å². The maximum absolute atomic E-state index is 12.8. The van der Waals surface area contributed by atoms with Crippen LogP contribution in [0.25, 0.3) is 0 Å². The predicted molar refractivity (Wildman–Crippen MR) is 87.0 cm³/mol. The standard InChI is InChI=1S/C19H19NO3/c1-13-8-10-15(11-9-13)14(2)18(21)20-17(12-23-19(20)22)16-6-4-3-5-7-16/h3-11,14,17H,12H2,1-2H3/t14-,17-/m0/s1. The molecule has 118 valence electrons. The first kappa shape index (κ1) is 15.3. The zero-order valence-corrected chi connectivity index (χ0v) is 13.2. The minimum absolute atomic E-state index is 0.204. The number of cyclic esters (lactones) is 1. The van der Waals surface area contributed by atoms with Crippen molar-refractivity contribution in [2.45, 2.75) is 25.8 Å². The van der Waals surface area contributed by atoms with Crippen molar-refractivity contribution >= 4 is 12.0 Å². The molecule has 3 rings (SSSR count). The van der Waals surface area contributed by atoms with Crippen LogP contribution in [-0.4, -0.2) is 23.5 Å². The average Bonchev–Trinajstić information content (AvgIpc) is 2.96. The molecule has 2 aromatic carbocycles. The Balaban J connectivity index is 1.87. The highest BCUT2D eigenvalue weighted by molar-refractivity contribution is 5.97. The molecule has 23 heavy (non-hydrogen) atoms. The van der Waals surface area contributed by atoms with E-state index in [1.54, 1.807) is 0 Å². The molecule has 1 saturated heterocycles. The summed E-state index contributed by atoms with van der Waals surface area (Å²) < 4.78 is 5.12. The summed E-state index contributed by atoms with van der Waals surface area (Å²) in [6, 6.07) is 16.9. The maximum Gasteiger partial charge on any atom is 0.417 e. The third-order valence-electron chi connectivity index (χ3n) is 4.24. The van der Waals surface area contributed by atoms with Crippen LogP contribution in [-0.2, 0) is 9.53 Å². The van der Waals surface area contributed by atoms with Crippen LogP contribution in [0.4, 0.5) is 4.79 Å². The van der Waals surface area contributed by atoms with Crippen molar-refractivity contribution in [1.29, 1.82) is 0 Å². The molecule has 2 amide bonds. The molecule has 0 N–H and O–H groups in total. The molecule has 1 fully saturated rings. The van der Waals surface area contributed by atoms with E-state index >= 15 is 0 Å². The lowest BCUT2D eigenvalue weighted by molar-refractivity contribution is -0.130. The molecule has 0 aliphatic carbocycles. The largest absolute Gasteiger partial charge is 0.446 e. The van der Waals surface area contributed by atoms with Crippen LogP contribution in [0.5, 0.6) is 0 Å². The fourth-order valence-electron chi connectivity index (χ4n) is 2.79. The molecular weight excluding hydrogens is 290 g/mol. The number of hydrogen-bond donors (Lipinski definition) is 0. The van der Waals surface area contributed by atoms with E-state index in [2.05, 4.69) is 0 Å². The van der Waals surface area contributed by atoms with Gasteiger partial charge >= 0.3 is 6.09 Å². The van der Waals surface area contributed by atoms with E-state index in [0.717, 1.165) is 16.7 Å². The fourth-order valence-corrected chi connectivity index (χ4v) is 2.79. The van der Waals surface area contributed by atoms with Crippen molar-refractivity contribution in [2.24, 2.45) is 0 Å². The molecule has 0 unspecified atom stereocenters. The van der Waals surface area contributed by atoms with Crippen molar-refractivity contribution in [1.82, 2.24) is 4.90 Å². The Kier molecular flexibility index (Phi) is 4.15. The minimum Gasteiger partial charge on any atom is -0.446 e. The topological polar surface area (TPSA) is 46.6 Å². The van der Waals surface area contributed by atoms with Gasteiger partial charge in [0, 0.05) is 0 Å². The number of aryl methyl sites for hydroxylation is 1. The fraction of sp³-hybridized carbons (Fsp3) is 0.263. The van der Waals surface area contributed by atoms with Gasteiger partial charge in [0.15, 0.2) is 0 Å². The maximum atomic E-state index is 12.8. The smallest absolute Gasteiger partial charge is 0.417 e. The normalized spacial score (nSPS) is 18.6. The number of amides is 2. The molecule has 4 nitrogen and oxygen atoms in total. The van der Waals surface area contributed by atoms with Crippen molar-refractivity contribution in [3.63, 3.8) is 0 Å². The van der Waals surface area contributed by atoms with Gasteiger partial charge in [0.05, 0.1) is 5.92 Å². The van der Waals surface area contributed by atoms with E-state index in [4.69, 9.17) is 4.74 Å². The molecule has 0 radical (unpaired) electrons. The van der Waals surface area contributed by atoms with Gasteiger partial charge in [-0.3, -0.25) is 4.79 Å². The molecule has 2 atom stereocenters. The van der Waals surface area contributed by atoms with Crippen molar-refractivity contribution < 1.29 is 14.3 Å². The number of imide groups is 1. The number of carbonyl (C=O) groups excluding carboxylic acids is 2. The van der Waals surface area contributed by atoms with Crippen LogP contribution in [0.15, 0.2) is 54.6 Å². The highest BCUT2D eigenvalue weighted by Crippen LogP contribution is 2.31. The quantitative estimate of drug-likeness (QED) is 0.866. The number of hydrogen-bond acceptors (Lipinski definition) is 3. The van der Waals surface area contributed by atoms with Gasteiger partial charge in [-0.2, -0.15) is 0 Å². The highest BCUT2D eigenvalue weighted by Gasteiger charge is 2.40. The monoisotopic (exact) mass is 309 g/mol. The zero-order chi connectivity index (χ0) is 16.4. The van der Waals surface area contributed by atoms with Gasteiger partial charge in [0.1, 0.15) is 12.6 Å². The number of nitrogens with zero attached hydrogens (tertiary/aromatic N) is 1. The Morgan fingerprint density at radius 3 is 2.43 bits per heavy atom. The molecule has 2 aromatic rings. The Labute approximate surface area is 135 Å². The van der Waals surface area contributed by atoms with Gasteiger partial charge in [-0.25, -0.2) is 9.69 Å². The van der Waals surface area contributed by atoms with Gasteiger partial charge in [0.25, 0.3) is 0 Å². The molecule has 1 heterocycles. The second-order valence-corrected chi connectivity index (χ2v) is 5.84. The molecule has 0 saturated carbocycles. The van der Waals surface area contributed by atoms with Crippen molar-refractivity contribution in [3.05, 3.63) is 71.3 Å². The van der Waals surface area contributed by atoms with Crippen LogP contribution in [0.1, 0.15) is 35.6 Å². The summed E-state index contributed by atoms with van der Waals surface area (Å²) in [5.41, 5.74) is 2.94. The Bertz CT molecular complexity index is 709. The Morgan fingerprint density at radius 2 is 1.78 bits per heavy atom. The summed E-state index contributed by atoms with van der Waals surface area (Å²) in [6.45, 7) is 4.02. The highest BCUT2D eigenvalue weighted by atomic mass is 16.6. The first-order valence-electron chi connectivity index (χ1n) is 7.69. The Morgan fingerprint density at radius 1 is 1.13 bits per heavy atom. The molecule has 4 heteroatoms. The lowest BCUT2D eigenvalue weighted by Crippen LogP contribution is -2.37. The molecular formula is C19H19NO3. The summed E-state index contributed by atoms with van der Waals surface area (Å²) in [4.78, 5) is 26.2. The number of carbonyl (C=O) groups is 2. The van der Waals surface area contributed by atoms with E-state index in [0.29, 0.717) is 0 Å². The van der Waals surface area contributed by atoms with Crippen LogP contribution >= 0.6 is 0 Å². The molecule has 1 aliphatic heterocycles. The van der Waals surface area contributed by atoms with Crippen LogP contribution in [0.3, 0.4) is 0 Å². The number of rotatable bonds is 3. The molecule has 0 bridgehead atoms. The van der Waals surface area contributed by atoms with Gasteiger partial charge in [-0.05, 0) is 25.0 Å². The predicted octanol–water partition coefficient (Wildman–Crippen LogP) is 3.82. The minimum atomic E-state index is -0.567. The van der Waals surface area contributed by atoms with Crippen molar-refractivity contribution in [3.8, 4) is 0 Å². The first-order chi connectivity index (χ1) is 11.1. The van der Waals surface area contributed by atoms with Gasteiger partial charge in [-0.1, -0.05) is 60.2 Å². The van der Waals surface area contributed by atoms with Crippen molar-refractivity contribution in [2.75, 3.05) is 6.61 Å². The summed E-state index contributed by atoms with van der Waals surface area (Å²) in [7, 11) is 0. The number of benzene rings is 2. The average molecular weight is 309 g/mol. The SMILES string of the molecule is Cc1ccc([C@H](C)C(=O)N2C(=O)OC[C@H]2c2ccccc2)cc1. The summed E-state index contributed by atoms with van der Waals surface area (Å²) in [6.07, 6.45) is -0.567. The van der Waals surface area contributed by atoms with E-state index < -0.39 is 12.0 Å². The molecule has 0 spiro atoms.